The lowest BCUT2D eigenvalue weighted by Crippen LogP contribution is -2.04. The molecule has 25 heavy (non-hydrogen) atoms. The maximum Gasteiger partial charge on any atom is 0.223 e. The highest BCUT2D eigenvalue weighted by atomic mass is 16.3. The Morgan fingerprint density at radius 2 is 1.92 bits per heavy atom. The van der Waals surface area contributed by atoms with Crippen molar-refractivity contribution in [3.8, 4) is 22.5 Å². The number of pyridine rings is 1. The van der Waals surface area contributed by atoms with Crippen LogP contribution in [0.3, 0.4) is 0 Å². The molecule has 4 aromatic rings. The number of nitrogens with one attached hydrogen (secondary N) is 1. The zero-order valence-corrected chi connectivity index (χ0v) is 13.6. The molecule has 4 rings (SSSR count). The van der Waals surface area contributed by atoms with Crippen molar-refractivity contribution >= 4 is 5.95 Å². The summed E-state index contributed by atoms with van der Waals surface area (Å²) in [5.41, 5.74) is 3.37. The summed E-state index contributed by atoms with van der Waals surface area (Å²) < 4.78 is 10.8. The van der Waals surface area contributed by atoms with Gasteiger partial charge in [-0.15, -0.1) is 0 Å². The third-order valence-corrected chi connectivity index (χ3v) is 3.84. The van der Waals surface area contributed by atoms with E-state index >= 15 is 0 Å². The quantitative estimate of drug-likeness (QED) is 0.587. The molecule has 0 aliphatic carbocycles. The van der Waals surface area contributed by atoms with E-state index in [1.54, 1.807) is 24.9 Å². The molecule has 1 N–H and O–H groups in total. The lowest BCUT2D eigenvalue weighted by atomic mass is 10.1. The van der Waals surface area contributed by atoms with Crippen LogP contribution in [0.1, 0.15) is 11.5 Å². The third kappa shape index (κ3) is 3.14. The summed E-state index contributed by atoms with van der Waals surface area (Å²) >= 11 is 0. The molecule has 0 saturated carbocycles. The van der Waals surface area contributed by atoms with Crippen molar-refractivity contribution in [3.63, 3.8) is 0 Å². The van der Waals surface area contributed by atoms with E-state index < -0.39 is 0 Å². The molecule has 0 atom stereocenters. The summed E-state index contributed by atoms with van der Waals surface area (Å²) in [5, 5.41) is 3.18. The average Bonchev–Trinajstić information content (AvgIpc) is 3.32. The number of aryl methyl sites for hydroxylation is 1. The van der Waals surface area contributed by atoms with Gasteiger partial charge in [-0.3, -0.25) is 4.98 Å². The van der Waals surface area contributed by atoms with Gasteiger partial charge in [0.2, 0.25) is 5.95 Å². The molecule has 6 nitrogen and oxygen atoms in total. The molecule has 6 heteroatoms. The highest BCUT2D eigenvalue weighted by Crippen LogP contribution is 2.32. The van der Waals surface area contributed by atoms with Gasteiger partial charge in [0.1, 0.15) is 11.5 Å². The minimum Gasteiger partial charge on any atom is -0.469 e. The van der Waals surface area contributed by atoms with E-state index in [4.69, 9.17) is 8.83 Å². The first kappa shape index (κ1) is 15.1. The number of rotatable bonds is 5. The van der Waals surface area contributed by atoms with E-state index in [1.807, 2.05) is 43.3 Å². The van der Waals surface area contributed by atoms with Gasteiger partial charge < -0.3 is 14.2 Å². The fraction of sp³-hybridized carbons (Fsp3) is 0.105. The molecule has 0 saturated heterocycles. The molecule has 4 aromatic heterocycles. The van der Waals surface area contributed by atoms with Crippen molar-refractivity contribution in [2.75, 3.05) is 5.32 Å². The SMILES string of the molecule is Cc1occc1-c1nc(NCc2ccco2)ncc1-c1ccccn1. The van der Waals surface area contributed by atoms with Crippen LogP contribution in [-0.2, 0) is 6.54 Å². The Hall–Kier alpha value is -3.41. The second kappa shape index (κ2) is 6.60. The maximum absolute atomic E-state index is 5.45. The Balaban J connectivity index is 1.73. The lowest BCUT2D eigenvalue weighted by Gasteiger charge is -2.10. The molecular formula is C19H16N4O2. The minimum absolute atomic E-state index is 0.514. The normalized spacial score (nSPS) is 10.8. The molecular weight excluding hydrogens is 316 g/mol. The standard InChI is InChI=1S/C19H16N4O2/c1-13-15(7-10-24-13)18-16(17-6-2-3-8-20-17)12-22-19(23-18)21-11-14-5-4-9-25-14/h2-10,12H,11H2,1H3,(H,21,22,23). The van der Waals surface area contributed by atoms with Crippen LogP contribution in [0.2, 0.25) is 0 Å². The summed E-state index contributed by atoms with van der Waals surface area (Å²) in [7, 11) is 0. The number of hydrogen-bond donors (Lipinski definition) is 1. The van der Waals surface area contributed by atoms with Gasteiger partial charge in [0.25, 0.3) is 0 Å². The van der Waals surface area contributed by atoms with Crippen LogP contribution in [-0.4, -0.2) is 15.0 Å². The lowest BCUT2D eigenvalue weighted by molar-refractivity contribution is 0.517. The number of aromatic nitrogens is 3. The van der Waals surface area contributed by atoms with Crippen molar-refractivity contribution in [2.45, 2.75) is 13.5 Å². The van der Waals surface area contributed by atoms with Gasteiger partial charge in [-0.25, -0.2) is 9.97 Å². The monoisotopic (exact) mass is 332 g/mol. The van der Waals surface area contributed by atoms with Gasteiger partial charge in [0.15, 0.2) is 0 Å². The minimum atomic E-state index is 0.514. The van der Waals surface area contributed by atoms with Crippen molar-refractivity contribution in [1.29, 1.82) is 0 Å². The first-order valence-electron chi connectivity index (χ1n) is 7.90. The number of hydrogen-bond acceptors (Lipinski definition) is 6. The van der Waals surface area contributed by atoms with Crippen LogP contribution < -0.4 is 5.32 Å². The highest BCUT2D eigenvalue weighted by Gasteiger charge is 2.16. The molecule has 0 aliphatic heterocycles. The van der Waals surface area contributed by atoms with E-state index in [-0.39, 0.29) is 0 Å². The zero-order chi connectivity index (χ0) is 17.1. The van der Waals surface area contributed by atoms with Gasteiger partial charge in [-0.2, -0.15) is 0 Å². The van der Waals surface area contributed by atoms with Crippen LogP contribution in [0.15, 0.2) is 70.2 Å². The average molecular weight is 332 g/mol. The van der Waals surface area contributed by atoms with E-state index in [0.717, 1.165) is 34.0 Å². The van der Waals surface area contributed by atoms with Crippen molar-refractivity contribution in [2.24, 2.45) is 0 Å². The zero-order valence-electron chi connectivity index (χ0n) is 13.6. The van der Waals surface area contributed by atoms with Gasteiger partial charge in [0.05, 0.1) is 30.5 Å². The third-order valence-electron chi connectivity index (χ3n) is 3.84. The molecule has 0 fully saturated rings. The smallest absolute Gasteiger partial charge is 0.223 e. The molecule has 0 aliphatic rings. The van der Waals surface area contributed by atoms with Crippen LogP contribution in [0.25, 0.3) is 22.5 Å². The fourth-order valence-electron chi connectivity index (χ4n) is 2.59. The second-order valence-electron chi connectivity index (χ2n) is 5.49. The van der Waals surface area contributed by atoms with E-state index in [1.165, 1.54) is 0 Å². The van der Waals surface area contributed by atoms with Gasteiger partial charge >= 0.3 is 0 Å². The summed E-state index contributed by atoms with van der Waals surface area (Å²) in [6, 6.07) is 11.4. The van der Waals surface area contributed by atoms with Crippen LogP contribution in [0.5, 0.6) is 0 Å². The van der Waals surface area contributed by atoms with Crippen molar-refractivity contribution in [1.82, 2.24) is 15.0 Å². The highest BCUT2D eigenvalue weighted by molar-refractivity contribution is 5.79. The largest absolute Gasteiger partial charge is 0.469 e. The Morgan fingerprint density at radius 3 is 2.64 bits per heavy atom. The molecule has 0 radical (unpaired) electrons. The van der Waals surface area contributed by atoms with Crippen LogP contribution in [0.4, 0.5) is 5.95 Å². The molecule has 0 amide bonds. The number of anilines is 1. The van der Waals surface area contributed by atoms with Crippen LogP contribution >= 0.6 is 0 Å². The van der Waals surface area contributed by atoms with Gasteiger partial charge in [0, 0.05) is 23.5 Å². The van der Waals surface area contributed by atoms with Crippen LogP contribution in [0, 0.1) is 6.92 Å². The number of nitrogens with zero attached hydrogens (tertiary/aromatic N) is 3. The molecule has 124 valence electrons. The Labute approximate surface area is 144 Å². The summed E-state index contributed by atoms with van der Waals surface area (Å²) in [6.45, 7) is 2.43. The first-order valence-corrected chi connectivity index (χ1v) is 7.90. The van der Waals surface area contributed by atoms with Crippen molar-refractivity contribution in [3.05, 3.63) is 72.8 Å². The first-order chi connectivity index (χ1) is 12.3. The van der Waals surface area contributed by atoms with E-state index in [9.17, 15) is 0 Å². The topological polar surface area (TPSA) is 77.0 Å². The van der Waals surface area contributed by atoms with E-state index in [0.29, 0.717) is 12.5 Å². The maximum atomic E-state index is 5.45. The van der Waals surface area contributed by atoms with Gasteiger partial charge in [-0.1, -0.05) is 6.07 Å². The second-order valence-corrected chi connectivity index (χ2v) is 5.49. The number of furan rings is 2. The van der Waals surface area contributed by atoms with Gasteiger partial charge in [-0.05, 0) is 37.3 Å². The predicted molar refractivity (Wildman–Crippen MR) is 93.7 cm³/mol. The summed E-state index contributed by atoms with van der Waals surface area (Å²) in [6.07, 6.45) is 6.83. The molecule has 0 aromatic carbocycles. The summed E-state index contributed by atoms with van der Waals surface area (Å²) in [4.78, 5) is 13.5. The Bertz CT molecular complexity index is 962. The Kier molecular flexibility index (Phi) is 4.00. The molecule has 0 spiro atoms. The Morgan fingerprint density at radius 1 is 0.960 bits per heavy atom. The fourth-order valence-corrected chi connectivity index (χ4v) is 2.59. The van der Waals surface area contributed by atoms with Crippen molar-refractivity contribution < 1.29 is 8.83 Å². The molecule has 0 bridgehead atoms. The molecule has 4 heterocycles. The van der Waals surface area contributed by atoms with E-state index in [2.05, 4.69) is 20.3 Å². The predicted octanol–water partition coefficient (Wildman–Crippen LogP) is 4.31. The summed E-state index contributed by atoms with van der Waals surface area (Å²) in [5.74, 6) is 2.14. The molecule has 0 unspecified atom stereocenters.